The second-order valence-corrected chi connectivity index (χ2v) is 8.02. The van der Waals surface area contributed by atoms with Gasteiger partial charge >= 0.3 is 7.12 Å². The van der Waals surface area contributed by atoms with Gasteiger partial charge < -0.3 is 21.1 Å². The Balaban J connectivity index is 1.54. The fraction of sp³-hybridized carbons (Fsp3) is 0.217. The molecule has 7 nitrogen and oxygen atoms in total. The van der Waals surface area contributed by atoms with Gasteiger partial charge in [-0.05, 0) is 55.4 Å². The zero-order valence-corrected chi connectivity index (χ0v) is 17.3. The summed E-state index contributed by atoms with van der Waals surface area (Å²) in [6, 6.07) is 15.2. The van der Waals surface area contributed by atoms with Crippen LogP contribution in [0.1, 0.15) is 28.9 Å². The molecule has 0 atom stereocenters. The highest BCUT2D eigenvalue weighted by molar-refractivity contribution is 6.58. The Kier molecular flexibility index (Phi) is 4.88. The summed E-state index contributed by atoms with van der Waals surface area (Å²) in [6.07, 6.45) is 2.95. The summed E-state index contributed by atoms with van der Waals surface area (Å²) in [5, 5.41) is 23.3. The van der Waals surface area contributed by atoms with Crippen LogP contribution in [-0.4, -0.2) is 31.7 Å². The Labute approximate surface area is 180 Å². The number of anilines is 2. The maximum Gasteiger partial charge on any atom is 0.488 e. The summed E-state index contributed by atoms with van der Waals surface area (Å²) in [5.41, 5.74) is 12.6. The third-order valence-electron chi connectivity index (χ3n) is 5.89. The number of aromatic nitrogens is 3. The van der Waals surface area contributed by atoms with E-state index in [4.69, 9.17) is 15.7 Å². The van der Waals surface area contributed by atoms with Crippen LogP contribution >= 0.6 is 0 Å². The van der Waals surface area contributed by atoms with E-state index in [1.807, 2.05) is 37.3 Å². The number of aryl methyl sites for hydroxylation is 2. The van der Waals surface area contributed by atoms with Gasteiger partial charge in [-0.3, -0.25) is 4.57 Å². The van der Waals surface area contributed by atoms with Crippen molar-refractivity contribution in [2.45, 2.75) is 32.7 Å². The van der Waals surface area contributed by atoms with Gasteiger partial charge in [-0.2, -0.15) is 4.98 Å². The second kappa shape index (κ2) is 7.72. The molecular formula is C23H24BN5O2. The molecule has 1 aliphatic rings. The minimum atomic E-state index is -1.48. The maximum atomic E-state index is 9.44. The molecule has 1 aliphatic carbocycles. The molecule has 0 aliphatic heterocycles. The molecule has 2 aromatic carbocycles. The van der Waals surface area contributed by atoms with Crippen molar-refractivity contribution < 1.29 is 10.0 Å². The lowest BCUT2D eigenvalue weighted by Crippen LogP contribution is -2.30. The lowest BCUT2D eigenvalue weighted by atomic mass is 9.79. The Morgan fingerprint density at radius 2 is 1.94 bits per heavy atom. The highest BCUT2D eigenvalue weighted by Crippen LogP contribution is 2.31. The first kappa shape index (κ1) is 19.6. The standard InChI is InChI=1S/C23H24BN5O2/c1-14-11-18-19(25)8-4-10-21(18)29(14)23-27-20-9-3-7-17(20)22(28-23)26-13-15-5-2-6-16(12-15)24(30)31/h2,4-6,8,10-12,30-31H,3,7,9,13,25H2,1H3,(H,26,27,28). The Morgan fingerprint density at radius 3 is 2.77 bits per heavy atom. The highest BCUT2D eigenvalue weighted by atomic mass is 16.4. The number of rotatable bonds is 5. The van der Waals surface area contributed by atoms with Crippen LogP contribution in [0.25, 0.3) is 16.9 Å². The third kappa shape index (κ3) is 3.54. The predicted molar refractivity (Wildman–Crippen MR) is 124 cm³/mol. The molecule has 0 spiro atoms. The van der Waals surface area contributed by atoms with Crippen LogP contribution in [0, 0.1) is 6.92 Å². The molecule has 0 bridgehead atoms. The average molecular weight is 413 g/mol. The summed E-state index contributed by atoms with van der Waals surface area (Å²) < 4.78 is 2.05. The van der Waals surface area contributed by atoms with Crippen molar-refractivity contribution in [3.8, 4) is 5.95 Å². The second-order valence-electron chi connectivity index (χ2n) is 8.02. The van der Waals surface area contributed by atoms with E-state index >= 15 is 0 Å². The van der Waals surface area contributed by atoms with Crippen LogP contribution in [0.15, 0.2) is 48.5 Å². The van der Waals surface area contributed by atoms with Crippen molar-refractivity contribution in [1.29, 1.82) is 0 Å². The van der Waals surface area contributed by atoms with Gasteiger partial charge in [0.2, 0.25) is 5.95 Å². The number of nitrogen functional groups attached to an aromatic ring is 1. The van der Waals surface area contributed by atoms with E-state index < -0.39 is 7.12 Å². The van der Waals surface area contributed by atoms with Crippen molar-refractivity contribution in [2.75, 3.05) is 11.1 Å². The summed E-state index contributed by atoms with van der Waals surface area (Å²) in [6.45, 7) is 2.57. The number of nitrogens with one attached hydrogen (secondary N) is 1. The molecule has 0 saturated carbocycles. The van der Waals surface area contributed by atoms with Gasteiger partial charge in [-0.25, -0.2) is 4.98 Å². The van der Waals surface area contributed by atoms with Gasteiger partial charge in [0.25, 0.3) is 0 Å². The van der Waals surface area contributed by atoms with E-state index in [9.17, 15) is 10.0 Å². The molecule has 8 heteroatoms. The zero-order valence-electron chi connectivity index (χ0n) is 17.3. The molecule has 0 unspecified atom stereocenters. The molecule has 0 amide bonds. The molecule has 0 saturated heterocycles. The van der Waals surface area contributed by atoms with Crippen LogP contribution in [-0.2, 0) is 19.4 Å². The van der Waals surface area contributed by atoms with Crippen LogP contribution in [0.5, 0.6) is 0 Å². The summed E-state index contributed by atoms with van der Waals surface area (Å²) in [5.74, 6) is 1.47. The quantitative estimate of drug-likeness (QED) is 0.295. The van der Waals surface area contributed by atoms with Gasteiger partial charge in [-0.15, -0.1) is 0 Å². The molecule has 5 rings (SSSR count). The monoisotopic (exact) mass is 413 g/mol. The molecule has 156 valence electrons. The van der Waals surface area contributed by atoms with E-state index in [0.717, 1.165) is 64.2 Å². The minimum absolute atomic E-state index is 0.472. The normalized spacial score (nSPS) is 12.9. The minimum Gasteiger partial charge on any atom is -0.423 e. The third-order valence-corrected chi connectivity index (χ3v) is 5.89. The van der Waals surface area contributed by atoms with Crippen LogP contribution in [0.2, 0.25) is 0 Å². The smallest absolute Gasteiger partial charge is 0.423 e. The largest absolute Gasteiger partial charge is 0.488 e. The summed E-state index contributed by atoms with van der Waals surface area (Å²) in [7, 11) is -1.48. The number of hydrogen-bond donors (Lipinski definition) is 4. The molecule has 31 heavy (non-hydrogen) atoms. The van der Waals surface area contributed by atoms with E-state index in [2.05, 4.69) is 16.0 Å². The zero-order chi connectivity index (χ0) is 21.5. The number of nitrogens with two attached hydrogens (primary N) is 1. The van der Waals surface area contributed by atoms with Crippen molar-refractivity contribution in [1.82, 2.24) is 14.5 Å². The Morgan fingerprint density at radius 1 is 1.10 bits per heavy atom. The maximum absolute atomic E-state index is 9.44. The number of benzene rings is 2. The summed E-state index contributed by atoms with van der Waals surface area (Å²) in [4.78, 5) is 9.80. The first-order valence-corrected chi connectivity index (χ1v) is 10.5. The Hall–Kier alpha value is -3.36. The van der Waals surface area contributed by atoms with Crippen LogP contribution in [0.3, 0.4) is 0 Å². The molecule has 2 heterocycles. The van der Waals surface area contributed by atoms with Crippen LogP contribution in [0.4, 0.5) is 11.5 Å². The lowest BCUT2D eigenvalue weighted by Gasteiger charge is -2.14. The van der Waals surface area contributed by atoms with Crippen LogP contribution < -0.4 is 16.5 Å². The van der Waals surface area contributed by atoms with Crippen molar-refractivity contribution in [3.05, 3.63) is 71.0 Å². The number of nitrogens with zero attached hydrogens (tertiary/aromatic N) is 3. The van der Waals surface area contributed by atoms with E-state index in [0.29, 0.717) is 18.0 Å². The van der Waals surface area contributed by atoms with E-state index in [1.165, 1.54) is 0 Å². The lowest BCUT2D eigenvalue weighted by molar-refractivity contribution is 0.425. The SMILES string of the molecule is Cc1cc2c(N)cccc2n1-c1nc2c(c(NCc3cccc(B(O)O)c3)n1)CCC2. The van der Waals surface area contributed by atoms with Gasteiger partial charge in [-0.1, -0.05) is 30.3 Å². The van der Waals surface area contributed by atoms with Gasteiger partial charge in [0.1, 0.15) is 5.82 Å². The molecule has 0 fully saturated rings. The van der Waals surface area contributed by atoms with E-state index in [-0.39, 0.29) is 0 Å². The van der Waals surface area contributed by atoms with Crippen molar-refractivity contribution >= 4 is 35.0 Å². The predicted octanol–water partition coefficient (Wildman–Crippen LogP) is 2.09. The van der Waals surface area contributed by atoms with Gasteiger partial charge in [0.15, 0.2) is 0 Å². The fourth-order valence-corrected chi connectivity index (χ4v) is 4.37. The topological polar surface area (TPSA) is 109 Å². The van der Waals surface area contributed by atoms with Gasteiger partial charge in [0, 0.05) is 28.9 Å². The Bertz CT molecular complexity index is 1280. The molecule has 2 aromatic heterocycles. The molecule has 4 aromatic rings. The first-order chi connectivity index (χ1) is 15.0. The van der Waals surface area contributed by atoms with Gasteiger partial charge in [0.05, 0.1) is 11.2 Å². The summed E-state index contributed by atoms with van der Waals surface area (Å²) >= 11 is 0. The first-order valence-electron chi connectivity index (χ1n) is 10.5. The fourth-order valence-electron chi connectivity index (χ4n) is 4.37. The molecular weight excluding hydrogens is 389 g/mol. The highest BCUT2D eigenvalue weighted by Gasteiger charge is 2.21. The van der Waals surface area contributed by atoms with Crippen molar-refractivity contribution in [2.24, 2.45) is 0 Å². The number of fused-ring (bicyclic) bond motifs is 2. The van der Waals surface area contributed by atoms with E-state index in [1.54, 1.807) is 12.1 Å². The van der Waals surface area contributed by atoms with Crippen molar-refractivity contribution in [3.63, 3.8) is 0 Å². The molecule has 5 N–H and O–H groups in total. The number of hydrogen-bond acceptors (Lipinski definition) is 6. The molecule has 0 radical (unpaired) electrons. The average Bonchev–Trinajstić information content (AvgIpc) is 3.36.